The Kier molecular flexibility index (Phi) is 2.69. The lowest BCUT2D eigenvalue weighted by atomic mass is 10.0. The summed E-state index contributed by atoms with van der Waals surface area (Å²) in [6.07, 6.45) is 1.67. The number of nitrogen functional groups attached to an aromatic ring is 1. The fourth-order valence-corrected chi connectivity index (χ4v) is 2.60. The number of Topliss-reactive ketones (excluding diaryl/α,β-unsaturated/α-hetero) is 1. The minimum Gasteiger partial charge on any atom is -0.391 e. The Morgan fingerprint density at radius 3 is 2.44 bits per heavy atom. The van der Waals surface area contributed by atoms with Crippen molar-refractivity contribution in [2.45, 2.75) is 19.4 Å². The number of hydrogen-bond donors (Lipinski definition) is 3. The number of hydrogen-bond acceptors (Lipinski definition) is 5. The van der Waals surface area contributed by atoms with Gasteiger partial charge in [-0.3, -0.25) is 9.59 Å². The summed E-state index contributed by atoms with van der Waals surface area (Å²) in [5.41, 5.74) is 11.2. The number of nitrogens with two attached hydrogens (primary N) is 2. The van der Waals surface area contributed by atoms with E-state index in [1.807, 2.05) is 0 Å². The van der Waals surface area contributed by atoms with E-state index < -0.39 is 5.91 Å². The normalized spacial score (nSPS) is 15.1. The number of rotatable bonds is 4. The maximum atomic E-state index is 11.9. The van der Waals surface area contributed by atoms with Gasteiger partial charge in [0.2, 0.25) is 0 Å². The van der Waals surface area contributed by atoms with Crippen LogP contribution in [0, 0.1) is 5.92 Å². The van der Waals surface area contributed by atoms with Gasteiger partial charge in [-0.25, -0.2) is 0 Å². The van der Waals surface area contributed by atoms with Crippen molar-refractivity contribution in [1.29, 1.82) is 0 Å². The molecule has 86 valence electrons. The van der Waals surface area contributed by atoms with Gasteiger partial charge < -0.3 is 16.6 Å². The molecule has 1 saturated carbocycles. The molecule has 0 bridgehead atoms. The first-order valence-electron chi connectivity index (χ1n) is 4.92. The molecule has 2 rings (SSSR count). The van der Waals surface area contributed by atoms with Crippen LogP contribution in [0.2, 0.25) is 0 Å². The van der Waals surface area contributed by atoms with Crippen LogP contribution in [-0.4, -0.2) is 16.8 Å². The number of carbonyl (C=O) groups excluding carboxylic acids is 2. The van der Waals surface area contributed by atoms with Crippen molar-refractivity contribution >= 4 is 28.0 Å². The third kappa shape index (κ3) is 1.70. The van der Waals surface area contributed by atoms with Crippen molar-refractivity contribution in [2.75, 3.05) is 5.73 Å². The van der Waals surface area contributed by atoms with Crippen LogP contribution in [0.15, 0.2) is 0 Å². The summed E-state index contributed by atoms with van der Waals surface area (Å²) in [5, 5.41) is 9.35. The van der Waals surface area contributed by atoms with Crippen molar-refractivity contribution in [3.8, 4) is 0 Å². The SMILES string of the molecule is NC(=O)c1c(CO)sc(N)c1C(=O)C1CC1. The van der Waals surface area contributed by atoms with E-state index in [0.717, 1.165) is 24.2 Å². The molecule has 0 atom stereocenters. The molecule has 1 heterocycles. The van der Waals surface area contributed by atoms with Gasteiger partial charge in [-0.05, 0) is 12.8 Å². The summed E-state index contributed by atoms with van der Waals surface area (Å²) < 4.78 is 0. The lowest BCUT2D eigenvalue weighted by Gasteiger charge is -2.01. The van der Waals surface area contributed by atoms with E-state index in [9.17, 15) is 9.59 Å². The average Bonchev–Trinajstić information content (AvgIpc) is 3.00. The van der Waals surface area contributed by atoms with Crippen molar-refractivity contribution in [2.24, 2.45) is 11.7 Å². The van der Waals surface area contributed by atoms with Crippen LogP contribution in [-0.2, 0) is 6.61 Å². The summed E-state index contributed by atoms with van der Waals surface area (Å²) in [4.78, 5) is 23.6. The molecule has 1 aromatic heterocycles. The Balaban J connectivity index is 2.53. The molecule has 0 radical (unpaired) electrons. The van der Waals surface area contributed by atoms with Crippen molar-refractivity contribution in [3.63, 3.8) is 0 Å². The number of thiophene rings is 1. The van der Waals surface area contributed by atoms with Crippen molar-refractivity contribution < 1.29 is 14.7 Å². The second kappa shape index (κ2) is 3.88. The Morgan fingerprint density at radius 1 is 1.38 bits per heavy atom. The van der Waals surface area contributed by atoms with Crippen LogP contribution in [0.4, 0.5) is 5.00 Å². The van der Waals surface area contributed by atoms with Crippen LogP contribution in [0.5, 0.6) is 0 Å². The monoisotopic (exact) mass is 240 g/mol. The second-order valence-electron chi connectivity index (χ2n) is 3.80. The van der Waals surface area contributed by atoms with Gasteiger partial charge in [0.05, 0.1) is 22.7 Å². The molecule has 5 nitrogen and oxygen atoms in total. The molecule has 5 N–H and O–H groups in total. The molecular formula is C10H12N2O3S. The van der Waals surface area contributed by atoms with Gasteiger partial charge in [-0.15, -0.1) is 11.3 Å². The molecule has 1 fully saturated rings. The van der Waals surface area contributed by atoms with E-state index >= 15 is 0 Å². The van der Waals surface area contributed by atoms with Crippen LogP contribution in [0.1, 0.15) is 38.4 Å². The zero-order valence-corrected chi connectivity index (χ0v) is 9.34. The van der Waals surface area contributed by atoms with E-state index in [-0.39, 0.29) is 34.4 Å². The molecule has 0 unspecified atom stereocenters. The first kappa shape index (κ1) is 11.1. The smallest absolute Gasteiger partial charge is 0.250 e. The Morgan fingerprint density at radius 2 is 2.00 bits per heavy atom. The van der Waals surface area contributed by atoms with Crippen LogP contribution in [0.25, 0.3) is 0 Å². The number of anilines is 1. The van der Waals surface area contributed by atoms with Crippen LogP contribution < -0.4 is 11.5 Å². The maximum absolute atomic E-state index is 11.9. The molecule has 0 spiro atoms. The first-order valence-corrected chi connectivity index (χ1v) is 5.74. The van der Waals surface area contributed by atoms with Gasteiger partial charge in [0.1, 0.15) is 0 Å². The van der Waals surface area contributed by atoms with Gasteiger partial charge in [0.25, 0.3) is 5.91 Å². The topological polar surface area (TPSA) is 106 Å². The third-order valence-electron chi connectivity index (χ3n) is 2.59. The highest BCUT2D eigenvalue weighted by Gasteiger charge is 2.35. The highest BCUT2D eigenvalue weighted by molar-refractivity contribution is 7.16. The minimum atomic E-state index is -0.707. The Hall–Kier alpha value is -1.40. The highest BCUT2D eigenvalue weighted by Crippen LogP contribution is 2.39. The fraction of sp³-hybridized carbons (Fsp3) is 0.400. The summed E-state index contributed by atoms with van der Waals surface area (Å²) in [6.45, 7) is -0.328. The summed E-state index contributed by atoms with van der Waals surface area (Å²) in [7, 11) is 0. The standard InChI is InChI=1S/C10H12N2O3S/c11-9(15)6-5(3-13)16-10(12)7(6)8(14)4-1-2-4/h4,13H,1-3,12H2,(H2,11,15). The quantitative estimate of drug-likeness (QED) is 0.667. The first-order chi connectivity index (χ1) is 7.56. The molecule has 0 aliphatic heterocycles. The predicted molar refractivity (Wildman–Crippen MR) is 60.2 cm³/mol. The lowest BCUT2D eigenvalue weighted by molar-refractivity contribution is 0.0947. The average molecular weight is 240 g/mol. The largest absolute Gasteiger partial charge is 0.391 e. The molecule has 1 amide bonds. The van der Waals surface area contributed by atoms with E-state index in [2.05, 4.69) is 0 Å². The molecule has 6 heteroatoms. The van der Waals surface area contributed by atoms with Gasteiger partial charge in [0, 0.05) is 10.8 Å². The number of aliphatic hydroxyl groups is 1. The van der Waals surface area contributed by atoms with Crippen LogP contribution >= 0.6 is 11.3 Å². The Bertz CT molecular complexity index is 463. The zero-order valence-electron chi connectivity index (χ0n) is 8.53. The van der Waals surface area contributed by atoms with Gasteiger partial charge >= 0.3 is 0 Å². The number of aliphatic hydroxyl groups excluding tert-OH is 1. The van der Waals surface area contributed by atoms with E-state index in [0.29, 0.717) is 4.88 Å². The summed E-state index contributed by atoms with van der Waals surface area (Å²) in [6, 6.07) is 0. The predicted octanol–water partition coefficient (Wildman–Crippen LogP) is 0.514. The zero-order chi connectivity index (χ0) is 11.9. The summed E-state index contributed by atoms with van der Waals surface area (Å²) in [5.74, 6) is -0.857. The number of amides is 1. The minimum absolute atomic E-state index is 0.0263. The van der Waals surface area contributed by atoms with E-state index in [1.165, 1.54) is 0 Å². The van der Waals surface area contributed by atoms with Crippen molar-refractivity contribution in [3.05, 3.63) is 16.0 Å². The maximum Gasteiger partial charge on any atom is 0.250 e. The van der Waals surface area contributed by atoms with Gasteiger partial charge in [-0.2, -0.15) is 0 Å². The van der Waals surface area contributed by atoms with Crippen LogP contribution in [0.3, 0.4) is 0 Å². The van der Waals surface area contributed by atoms with Crippen molar-refractivity contribution in [1.82, 2.24) is 0 Å². The summed E-state index contributed by atoms with van der Waals surface area (Å²) >= 11 is 1.05. The highest BCUT2D eigenvalue weighted by atomic mass is 32.1. The molecule has 1 aromatic rings. The molecule has 0 aromatic carbocycles. The number of primary amides is 1. The molecule has 1 aliphatic carbocycles. The van der Waals surface area contributed by atoms with E-state index in [1.54, 1.807) is 0 Å². The number of ketones is 1. The second-order valence-corrected chi connectivity index (χ2v) is 4.94. The molecule has 0 saturated heterocycles. The molecule has 1 aliphatic rings. The molecular weight excluding hydrogens is 228 g/mol. The fourth-order valence-electron chi connectivity index (χ4n) is 1.66. The molecule has 16 heavy (non-hydrogen) atoms. The number of carbonyl (C=O) groups is 2. The third-order valence-corrected chi connectivity index (χ3v) is 3.60. The van der Waals surface area contributed by atoms with Gasteiger partial charge in [0.15, 0.2) is 5.78 Å². The van der Waals surface area contributed by atoms with Gasteiger partial charge in [-0.1, -0.05) is 0 Å². The Labute approximate surface area is 96.1 Å². The lowest BCUT2D eigenvalue weighted by Crippen LogP contribution is -2.17. The van der Waals surface area contributed by atoms with E-state index in [4.69, 9.17) is 16.6 Å².